The normalized spacial score (nSPS) is 17.7. The van der Waals surface area contributed by atoms with Crippen LogP contribution in [-0.2, 0) is 25.4 Å². The molecule has 0 saturated carbocycles. The zero-order valence-electron chi connectivity index (χ0n) is 18.6. The molecule has 31 heavy (non-hydrogen) atoms. The Balaban J connectivity index is 1.43. The zero-order valence-corrected chi connectivity index (χ0v) is 18.6. The van der Waals surface area contributed by atoms with E-state index in [2.05, 4.69) is 58.0 Å². The van der Waals surface area contributed by atoms with Crippen LogP contribution in [-0.4, -0.2) is 44.1 Å². The van der Waals surface area contributed by atoms with Crippen molar-refractivity contribution in [1.82, 2.24) is 24.4 Å². The number of rotatable bonds is 6. The summed E-state index contributed by atoms with van der Waals surface area (Å²) in [7, 11) is 2.08. The number of imidazole rings is 1. The number of likely N-dealkylation sites (tertiary alicyclic amines) is 1. The van der Waals surface area contributed by atoms with Crippen LogP contribution >= 0.6 is 0 Å². The lowest BCUT2D eigenvalue weighted by Crippen LogP contribution is -2.42. The molecule has 0 atom stereocenters. The van der Waals surface area contributed by atoms with Gasteiger partial charge in [0.05, 0.1) is 12.2 Å². The van der Waals surface area contributed by atoms with Crippen LogP contribution in [0.3, 0.4) is 0 Å². The SMILES string of the molecule is CCCNc1nc(-c2ccccc2)nc2c1CCC21CCN(Cc2nccn2C)CC1. The summed E-state index contributed by atoms with van der Waals surface area (Å²) in [6.45, 7) is 6.26. The highest BCUT2D eigenvalue weighted by Crippen LogP contribution is 2.47. The Hall–Kier alpha value is -2.73. The summed E-state index contributed by atoms with van der Waals surface area (Å²) in [6, 6.07) is 10.4. The molecule has 0 amide bonds. The second-order valence-electron chi connectivity index (χ2n) is 9.03. The number of fused-ring (bicyclic) bond motifs is 2. The summed E-state index contributed by atoms with van der Waals surface area (Å²) >= 11 is 0. The second-order valence-corrected chi connectivity index (χ2v) is 9.03. The van der Waals surface area contributed by atoms with Crippen molar-refractivity contribution >= 4 is 5.82 Å². The predicted octanol–water partition coefficient (Wildman–Crippen LogP) is 4.18. The van der Waals surface area contributed by atoms with E-state index in [0.717, 1.165) is 74.9 Å². The van der Waals surface area contributed by atoms with Crippen molar-refractivity contribution in [3.63, 3.8) is 0 Å². The second kappa shape index (κ2) is 8.42. The summed E-state index contributed by atoms with van der Waals surface area (Å²) in [5.74, 6) is 3.05. The molecule has 3 heterocycles. The minimum atomic E-state index is 0.183. The first-order valence-corrected chi connectivity index (χ1v) is 11.6. The first kappa shape index (κ1) is 20.2. The van der Waals surface area contributed by atoms with Crippen LogP contribution in [0.5, 0.6) is 0 Å². The fourth-order valence-corrected chi connectivity index (χ4v) is 5.12. The fraction of sp³-hybridized carbons (Fsp3) is 0.480. The van der Waals surface area contributed by atoms with Gasteiger partial charge in [-0.15, -0.1) is 0 Å². The first-order valence-electron chi connectivity index (χ1n) is 11.6. The average Bonchev–Trinajstić information content (AvgIpc) is 3.38. The van der Waals surface area contributed by atoms with Crippen LogP contribution in [0.15, 0.2) is 42.7 Å². The highest BCUT2D eigenvalue weighted by molar-refractivity contribution is 5.62. The van der Waals surface area contributed by atoms with Gasteiger partial charge in [0.1, 0.15) is 11.6 Å². The van der Waals surface area contributed by atoms with Crippen molar-refractivity contribution in [3.05, 3.63) is 59.8 Å². The number of piperidine rings is 1. The van der Waals surface area contributed by atoms with Gasteiger partial charge in [-0.05, 0) is 45.2 Å². The third-order valence-corrected chi connectivity index (χ3v) is 7.04. The molecule has 6 heteroatoms. The Morgan fingerprint density at radius 2 is 1.87 bits per heavy atom. The molecule has 3 aromatic rings. The molecule has 1 fully saturated rings. The van der Waals surface area contributed by atoms with Crippen LogP contribution in [0.4, 0.5) is 5.82 Å². The number of aryl methyl sites for hydroxylation is 1. The highest BCUT2D eigenvalue weighted by atomic mass is 15.2. The van der Waals surface area contributed by atoms with E-state index in [4.69, 9.17) is 9.97 Å². The molecular formula is C25H32N6. The molecule has 5 rings (SSSR count). The van der Waals surface area contributed by atoms with E-state index in [1.807, 2.05) is 18.5 Å². The molecule has 1 aromatic carbocycles. The predicted molar refractivity (Wildman–Crippen MR) is 124 cm³/mol. The smallest absolute Gasteiger partial charge is 0.161 e. The van der Waals surface area contributed by atoms with E-state index < -0.39 is 0 Å². The van der Waals surface area contributed by atoms with Gasteiger partial charge in [-0.3, -0.25) is 4.90 Å². The first-order chi connectivity index (χ1) is 15.2. The third-order valence-electron chi connectivity index (χ3n) is 7.04. The Kier molecular flexibility index (Phi) is 5.48. The number of benzene rings is 1. The van der Waals surface area contributed by atoms with E-state index in [-0.39, 0.29) is 5.41 Å². The molecule has 6 nitrogen and oxygen atoms in total. The van der Waals surface area contributed by atoms with E-state index in [1.54, 1.807) is 0 Å². The molecule has 1 spiro atoms. The van der Waals surface area contributed by atoms with Crippen molar-refractivity contribution in [2.24, 2.45) is 7.05 Å². The maximum Gasteiger partial charge on any atom is 0.161 e. The lowest BCUT2D eigenvalue weighted by Gasteiger charge is -2.39. The lowest BCUT2D eigenvalue weighted by atomic mass is 9.76. The largest absolute Gasteiger partial charge is 0.370 e. The molecule has 1 saturated heterocycles. The van der Waals surface area contributed by atoms with Gasteiger partial charge in [-0.25, -0.2) is 15.0 Å². The van der Waals surface area contributed by atoms with Gasteiger partial charge in [0, 0.05) is 42.5 Å². The third kappa shape index (κ3) is 3.85. The van der Waals surface area contributed by atoms with Gasteiger partial charge in [0.15, 0.2) is 5.82 Å². The minimum absolute atomic E-state index is 0.183. The number of anilines is 1. The summed E-state index contributed by atoms with van der Waals surface area (Å²) in [4.78, 5) is 17.2. The van der Waals surface area contributed by atoms with Crippen molar-refractivity contribution in [3.8, 4) is 11.4 Å². The summed E-state index contributed by atoms with van der Waals surface area (Å²) in [6.07, 6.45) is 9.59. The molecule has 162 valence electrons. The Labute approximate surface area is 184 Å². The average molecular weight is 417 g/mol. The number of hydrogen-bond acceptors (Lipinski definition) is 5. The van der Waals surface area contributed by atoms with Gasteiger partial charge in [-0.2, -0.15) is 0 Å². The number of nitrogens with one attached hydrogen (secondary N) is 1. The molecular weight excluding hydrogens is 384 g/mol. The van der Waals surface area contributed by atoms with Crippen LogP contribution in [0, 0.1) is 0 Å². The molecule has 1 aliphatic carbocycles. The van der Waals surface area contributed by atoms with Crippen molar-refractivity contribution < 1.29 is 0 Å². The van der Waals surface area contributed by atoms with E-state index >= 15 is 0 Å². The summed E-state index contributed by atoms with van der Waals surface area (Å²) in [5.41, 5.74) is 3.93. The van der Waals surface area contributed by atoms with Crippen LogP contribution in [0.1, 0.15) is 49.7 Å². The monoisotopic (exact) mass is 416 g/mol. The number of aromatic nitrogens is 4. The van der Waals surface area contributed by atoms with Gasteiger partial charge < -0.3 is 9.88 Å². The summed E-state index contributed by atoms with van der Waals surface area (Å²) < 4.78 is 2.13. The molecule has 0 radical (unpaired) electrons. The van der Waals surface area contributed by atoms with Gasteiger partial charge in [0.2, 0.25) is 0 Å². The lowest BCUT2D eigenvalue weighted by molar-refractivity contribution is 0.146. The zero-order chi connectivity index (χ0) is 21.3. The van der Waals surface area contributed by atoms with Gasteiger partial charge in [-0.1, -0.05) is 37.3 Å². The highest BCUT2D eigenvalue weighted by Gasteiger charge is 2.44. The van der Waals surface area contributed by atoms with Crippen LogP contribution in [0.2, 0.25) is 0 Å². The van der Waals surface area contributed by atoms with Crippen LogP contribution in [0.25, 0.3) is 11.4 Å². The van der Waals surface area contributed by atoms with Gasteiger partial charge in [0.25, 0.3) is 0 Å². The molecule has 0 unspecified atom stereocenters. The van der Waals surface area contributed by atoms with E-state index in [1.165, 1.54) is 17.7 Å². The molecule has 1 aliphatic heterocycles. The van der Waals surface area contributed by atoms with Crippen molar-refractivity contribution in [2.45, 2.75) is 51.0 Å². The fourth-order valence-electron chi connectivity index (χ4n) is 5.12. The molecule has 2 aliphatic rings. The standard InChI is InChI=1S/C25H32N6/c1-3-13-27-24-20-9-10-25(22(20)28-23(29-24)19-7-5-4-6-8-19)11-15-31(16-12-25)18-21-26-14-17-30(21)2/h4-8,14,17H,3,9-13,15-16,18H2,1-2H3,(H,27,28,29). The van der Waals surface area contributed by atoms with Gasteiger partial charge >= 0.3 is 0 Å². The quantitative estimate of drug-likeness (QED) is 0.653. The Bertz CT molecular complexity index is 1030. The Morgan fingerprint density at radius 3 is 2.58 bits per heavy atom. The molecule has 1 N–H and O–H groups in total. The number of nitrogens with zero attached hydrogens (tertiary/aromatic N) is 5. The topological polar surface area (TPSA) is 58.9 Å². The van der Waals surface area contributed by atoms with Crippen LogP contribution < -0.4 is 5.32 Å². The molecule has 2 aromatic heterocycles. The van der Waals surface area contributed by atoms with E-state index in [9.17, 15) is 0 Å². The van der Waals surface area contributed by atoms with E-state index in [0.29, 0.717) is 0 Å². The van der Waals surface area contributed by atoms with Crippen molar-refractivity contribution in [2.75, 3.05) is 25.0 Å². The summed E-state index contributed by atoms with van der Waals surface area (Å²) in [5, 5.41) is 3.60. The maximum absolute atomic E-state index is 5.20. The number of hydrogen-bond donors (Lipinski definition) is 1. The minimum Gasteiger partial charge on any atom is -0.370 e. The Morgan fingerprint density at radius 1 is 1.06 bits per heavy atom. The maximum atomic E-state index is 5.20. The molecule has 0 bridgehead atoms. The van der Waals surface area contributed by atoms with Crippen molar-refractivity contribution in [1.29, 1.82) is 0 Å².